The van der Waals surface area contributed by atoms with Gasteiger partial charge in [-0.15, -0.1) is 0 Å². The molecule has 0 aromatic carbocycles. The van der Waals surface area contributed by atoms with Crippen molar-refractivity contribution in [2.45, 2.75) is 31.8 Å². The second-order valence-electron chi connectivity index (χ2n) is 4.16. The maximum absolute atomic E-state index is 9.72. The van der Waals surface area contributed by atoms with Crippen molar-refractivity contribution in [1.82, 2.24) is 0 Å². The van der Waals surface area contributed by atoms with Gasteiger partial charge in [-0.05, 0) is 31.6 Å². The van der Waals surface area contributed by atoms with Gasteiger partial charge in [-0.2, -0.15) is 0 Å². The summed E-state index contributed by atoms with van der Waals surface area (Å²) in [6.07, 6.45) is 4.61. The van der Waals surface area contributed by atoms with Crippen LogP contribution in [0.4, 0.5) is 0 Å². The molecule has 0 unspecified atom stereocenters. The van der Waals surface area contributed by atoms with E-state index in [0.717, 1.165) is 18.9 Å². The molecule has 64 valence electrons. The number of hydrogen-bond donors (Lipinski definition) is 1. The van der Waals surface area contributed by atoms with Crippen molar-refractivity contribution in [2.75, 3.05) is 13.7 Å². The van der Waals surface area contributed by atoms with Crippen molar-refractivity contribution in [2.24, 2.45) is 11.3 Å². The van der Waals surface area contributed by atoms with Gasteiger partial charge in [0.2, 0.25) is 0 Å². The minimum absolute atomic E-state index is 0.0822. The molecule has 0 radical (unpaired) electrons. The van der Waals surface area contributed by atoms with E-state index in [4.69, 9.17) is 4.74 Å². The van der Waals surface area contributed by atoms with E-state index in [9.17, 15) is 5.11 Å². The van der Waals surface area contributed by atoms with Gasteiger partial charge >= 0.3 is 0 Å². The lowest BCUT2D eigenvalue weighted by atomic mass is 9.83. The first-order chi connectivity index (χ1) is 5.27. The zero-order valence-corrected chi connectivity index (χ0v) is 7.05. The molecular formula is C9H16O2. The van der Waals surface area contributed by atoms with E-state index in [1.807, 2.05) is 0 Å². The Morgan fingerprint density at radius 3 is 2.91 bits per heavy atom. The van der Waals surface area contributed by atoms with Gasteiger partial charge in [-0.25, -0.2) is 0 Å². The molecule has 2 rings (SSSR count). The zero-order chi connectivity index (χ0) is 7.90. The van der Waals surface area contributed by atoms with Gasteiger partial charge in [0.15, 0.2) is 0 Å². The number of hydrogen-bond acceptors (Lipinski definition) is 2. The van der Waals surface area contributed by atoms with Gasteiger partial charge in [-0.3, -0.25) is 0 Å². The van der Waals surface area contributed by atoms with E-state index >= 15 is 0 Å². The molecule has 2 aliphatic carbocycles. The molecule has 0 amide bonds. The SMILES string of the molecule is COC[C@]12CC[C@H](C[C@@H]1O)C2. The molecule has 3 atom stereocenters. The minimum atomic E-state index is -0.0822. The largest absolute Gasteiger partial charge is 0.392 e. The summed E-state index contributed by atoms with van der Waals surface area (Å²) >= 11 is 0. The summed E-state index contributed by atoms with van der Waals surface area (Å²) in [5.74, 6) is 0.792. The summed E-state index contributed by atoms with van der Waals surface area (Å²) in [7, 11) is 1.73. The molecule has 11 heavy (non-hydrogen) atoms. The van der Waals surface area contributed by atoms with Crippen LogP contribution in [0.25, 0.3) is 0 Å². The molecule has 0 heterocycles. The Morgan fingerprint density at radius 1 is 1.64 bits per heavy atom. The fraction of sp³-hybridized carbons (Fsp3) is 1.00. The van der Waals surface area contributed by atoms with Gasteiger partial charge in [0, 0.05) is 12.5 Å². The molecule has 2 fully saturated rings. The van der Waals surface area contributed by atoms with Crippen molar-refractivity contribution in [3.63, 3.8) is 0 Å². The highest BCUT2D eigenvalue weighted by atomic mass is 16.5. The Kier molecular flexibility index (Phi) is 1.69. The third kappa shape index (κ3) is 1.00. The summed E-state index contributed by atoms with van der Waals surface area (Å²) in [6, 6.07) is 0. The quantitative estimate of drug-likeness (QED) is 0.650. The van der Waals surface area contributed by atoms with Gasteiger partial charge in [0.1, 0.15) is 0 Å². The van der Waals surface area contributed by atoms with Crippen LogP contribution in [-0.2, 0) is 4.74 Å². The summed E-state index contributed by atoms with van der Waals surface area (Å²) in [4.78, 5) is 0. The van der Waals surface area contributed by atoms with E-state index in [0.29, 0.717) is 0 Å². The summed E-state index contributed by atoms with van der Waals surface area (Å²) < 4.78 is 5.16. The molecule has 2 aliphatic rings. The number of methoxy groups -OCH3 is 1. The maximum Gasteiger partial charge on any atom is 0.0621 e. The van der Waals surface area contributed by atoms with E-state index in [2.05, 4.69) is 0 Å². The minimum Gasteiger partial charge on any atom is -0.392 e. The Bertz CT molecular complexity index is 158. The Morgan fingerprint density at radius 2 is 2.45 bits per heavy atom. The van der Waals surface area contributed by atoms with Gasteiger partial charge in [0.25, 0.3) is 0 Å². The van der Waals surface area contributed by atoms with Gasteiger partial charge < -0.3 is 9.84 Å². The van der Waals surface area contributed by atoms with Crippen LogP contribution in [0.2, 0.25) is 0 Å². The molecule has 2 bridgehead atoms. The number of rotatable bonds is 2. The lowest BCUT2D eigenvalue weighted by Crippen LogP contribution is -2.34. The molecule has 2 saturated carbocycles. The van der Waals surface area contributed by atoms with Crippen LogP contribution in [0.3, 0.4) is 0 Å². The summed E-state index contributed by atoms with van der Waals surface area (Å²) in [6.45, 7) is 0.755. The summed E-state index contributed by atoms with van der Waals surface area (Å²) in [5.41, 5.74) is 0.152. The van der Waals surface area contributed by atoms with Crippen molar-refractivity contribution >= 4 is 0 Å². The lowest BCUT2D eigenvalue weighted by Gasteiger charge is -2.30. The molecule has 0 aliphatic heterocycles. The number of ether oxygens (including phenoxy) is 1. The number of fused-ring (bicyclic) bond motifs is 2. The Hall–Kier alpha value is -0.0800. The highest BCUT2D eigenvalue weighted by Gasteiger charge is 2.51. The fourth-order valence-corrected chi connectivity index (χ4v) is 2.85. The van der Waals surface area contributed by atoms with Crippen molar-refractivity contribution in [1.29, 1.82) is 0 Å². The number of aliphatic hydroxyl groups is 1. The lowest BCUT2D eigenvalue weighted by molar-refractivity contribution is -0.0158. The Labute approximate surface area is 67.6 Å². The third-order valence-electron chi connectivity index (χ3n) is 3.44. The number of aliphatic hydroxyl groups excluding tert-OH is 1. The van der Waals surface area contributed by atoms with Crippen LogP contribution < -0.4 is 0 Å². The second kappa shape index (κ2) is 2.46. The van der Waals surface area contributed by atoms with Crippen molar-refractivity contribution in [3.8, 4) is 0 Å². The molecule has 0 aromatic rings. The van der Waals surface area contributed by atoms with E-state index < -0.39 is 0 Å². The van der Waals surface area contributed by atoms with Crippen LogP contribution in [-0.4, -0.2) is 24.9 Å². The normalized spacial score (nSPS) is 48.5. The van der Waals surface area contributed by atoms with Crippen LogP contribution in [0.15, 0.2) is 0 Å². The average Bonchev–Trinajstić information content (AvgIpc) is 2.45. The molecular weight excluding hydrogens is 140 g/mol. The standard InChI is InChI=1S/C9H16O2/c1-11-6-9-3-2-7(5-9)4-8(9)10/h7-8,10H,2-6H2,1H3/t7-,8+,9-/m1/s1. The van der Waals surface area contributed by atoms with E-state index in [-0.39, 0.29) is 11.5 Å². The smallest absolute Gasteiger partial charge is 0.0621 e. The van der Waals surface area contributed by atoms with Crippen LogP contribution >= 0.6 is 0 Å². The van der Waals surface area contributed by atoms with Crippen molar-refractivity contribution < 1.29 is 9.84 Å². The van der Waals surface area contributed by atoms with Gasteiger partial charge in [0.05, 0.1) is 12.7 Å². The summed E-state index contributed by atoms with van der Waals surface area (Å²) in [5, 5.41) is 9.72. The predicted octanol–water partition coefficient (Wildman–Crippen LogP) is 1.18. The van der Waals surface area contributed by atoms with E-state index in [1.165, 1.54) is 19.3 Å². The topological polar surface area (TPSA) is 29.5 Å². The monoisotopic (exact) mass is 156 g/mol. The van der Waals surface area contributed by atoms with Crippen LogP contribution in [0.1, 0.15) is 25.7 Å². The predicted molar refractivity (Wildman–Crippen MR) is 42.3 cm³/mol. The molecule has 0 spiro atoms. The fourth-order valence-electron chi connectivity index (χ4n) is 2.85. The van der Waals surface area contributed by atoms with Gasteiger partial charge in [-0.1, -0.05) is 0 Å². The zero-order valence-electron chi connectivity index (χ0n) is 7.05. The van der Waals surface area contributed by atoms with Crippen LogP contribution in [0.5, 0.6) is 0 Å². The molecule has 0 saturated heterocycles. The Balaban J connectivity index is 2.10. The third-order valence-corrected chi connectivity index (χ3v) is 3.44. The first-order valence-electron chi connectivity index (χ1n) is 4.44. The first kappa shape index (κ1) is 7.56. The highest BCUT2D eigenvalue weighted by Crippen LogP contribution is 2.54. The van der Waals surface area contributed by atoms with Crippen molar-refractivity contribution in [3.05, 3.63) is 0 Å². The first-order valence-corrected chi connectivity index (χ1v) is 4.44. The van der Waals surface area contributed by atoms with E-state index in [1.54, 1.807) is 7.11 Å². The molecule has 2 heteroatoms. The van der Waals surface area contributed by atoms with Crippen LogP contribution in [0, 0.1) is 11.3 Å². The highest BCUT2D eigenvalue weighted by molar-refractivity contribution is 5.01. The second-order valence-corrected chi connectivity index (χ2v) is 4.16. The molecule has 0 aromatic heterocycles. The maximum atomic E-state index is 9.72. The molecule has 2 nitrogen and oxygen atoms in total. The molecule has 1 N–H and O–H groups in total. The average molecular weight is 156 g/mol.